The number of hydrogen-bond donors (Lipinski definition) is 3. The van der Waals surface area contributed by atoms with E-state index in [4.69, 9.17) is 4.99 Å². The van der Waals surface area contributed by atoms with Crippen molar-refractivity contribution in [1.29, 1.82) is 0 Å². The number of aliphatic hydroxyl groups is 1. The van der Waals surface area contributed by atoms with Crippen LogP contribution in [0.3, 0.4) is 0 Å². The van der Waals surface area contributed by atoms with Crippen LogP contribution in [0.1, 0.15) is 35.6 Å². The number of carbonyl (C=O) groups is 2. The summed E-state index contributed by atoms with van der Waals surface area (Å²) in [7, 11) is 0. The molecule has 46 heavy (non-hydrogen) atoms. The highest BCUT2D eigenvalue weighted by atomic mass is 19.1. The summed E-state index contributed by atoms with van der Waals surface area (Å²) in [6.07, 6.45) is 8.37. The highest BCUT2D eigenvalue weighted by Gasteiger charge is 2.51. The SMILES string of the molecule is CC1(C(C=C(F)CC2C=C2)=CCF)N=C(c2ccccc2)C(=O)N1CC(=O)Nc1ccc2c(c1)CC1(C2)c2cccnc2NC1O. The zero-order valence-electron chi connectivity index (χ0n) is 25.2. The van der Waals surface area contributed by atoms with E-state index in [1.807, 2.05) is 42.5 Å². The van der Waals surface area contributed by atoms with Crippen LogP contribution in [0.25, 0.3) is 0 Å². The molecule has 3 unspecified atom stereocenters. The van der Waals surface area contributed by atoms with E-state index in [2.05, 4.69) is 15.6 Å². The Morgan fingerprint density at radius 2 is 1.91 bits per heavy atom. The van der Waals surface area contributed by atoms with Crippen LogP contribution in [0.2, 0.25) is 0 Å². The molecule has 0 saturated heterocycles. The number of hydrogen-bond acceptors (Lipinski definition) is 6. The summed E-state index contributed by atoms with van der Waals surface area (Å²) in [6.45, 7) is 0.292. The largest absolute Gasteiger partial charge is 0.373 e. The molecule has 3 atom stereocenters. The number of alkyl halides is 1. The molecule has 10 heteroatoms. The Bertz CT molecular complexity index is 1850. The van der Waals surface area contributed by atoms with Gasteiger partial charge < -0.3 is 15.7 Å². The van der Waals surface area contributed by atoms with Gasteiger partial charge in [-0.3, -0.25) is 14.5 Å². The van der Waals surface area contributed by atoms with Gasteiger partial charge in [-0.1, -0.05) is 54.6 Å². The van der Waals surface area contributed by atoms with Crippen molar-refractivity contribution < 1.29 is 23.5 Å². The van der Waals surface area contributed by atoms with Crippen LogP contribution in [0.15, 0.2) is 108 Å². The van der Waals surface area contributed by atoms with Crippen molar-refractivity contribution >= 4 is 29.0 Å². The molecular formula is C36H33F2N5O3. The predicted octanol–water partition coefficient (Wildman–Crippen LogP) is 5.17. The molecule has 0 saturated carbocycles. The van der Waals surface area contributed by atoms with E-state index in [9.17, 15) is 19.1 Å². The minimum Gasteiger partial charge on any atom is -0.373 e. The second-order valence-corrected chi connectivity index (χ2v) is 12.4. The Labute approximate surface area is 265 Å². The first-order chi connectivity index (χ1) is 22.2. The van der Waals surface area contributed by atoms with Crippen LogP contribution < -0.4 is 10.6 Å². The van der Waals surface area contributed by atoms with Gasteiger partial charge in [0.1, 0.15) is 36.8 Å². The molecule has 3 aromatic rings. The van der Waals surface area contributed by atoms with E-state index in [1.165, 1.54) is 17.1 Å². The summed E-state index contributed by atoms with van der Waals surface area (Å²) < 4.78 is 28.8. The van der Waals surface area contributed by atoms with Gasteiger partial charge in [0.25, 0.3) is 5.91 Å². The van der Waals surface area contributed by atoms with Gasteiger partial charge in [0, 0.05) is 40.9 Å². The second kappa shape index (κ2) is 11.4. The third-order valence-electron chi connectivity index (χ3n) is 9.35. The lowest BCUT2D eigenvalue weighted by atomic mass is 9.79. The lowest BCUT2D eigenvalue weighted by Gasteiger charge is -2.34. The molecular weight excluding hydrogens is 588 g/mol. The number of aliphatic imine (C=N–C) groups is 1. The first-order valence-electron chi connectivity index (χ1n) is 15.3. The molecule has 4 aliphatic rings. The van der Waals surface area contributed by atoms with Gasteiger partial charge in [0.05, 0.1) is 5.41 Å². The summed E-state index contributed by atoms with van der Waals surface area (Å²) >= 11 is 0. The average Bonchev–Trinajstić information content (AvgIpc) is 3.63. The van der Waals surface area contributed by atoms with Crippen LogP contribution in [0.4, 0.5) is 20.3 Å². The van der Waals surface area contributed by atoms with Crippen LogP contribution >= 0.6 is 0 Å². The zero-order chi connectivity index (χ0) is 32.1. The van der Waals surface area contributed by atoms with Crippen LogP contribution in [-0.2, 0) is 27.8 Å². The van der Waals surface area contributed by atoms with Crippen molar-refractivity contribution in [3.63, 3.8) is 0 Å². The summed E-state index contributed by atoms with van der Waals surface area (Å²) in [5, 5.41) is 17.0. The number of anilines is 2. The monoisotopic (exact) mass is 621 g/mol. The summed E-state index contributed by atoms with van der Waals surface area (Å²) in [5.41, 5.74) is 2.27. The maximum Gasteiger partial charge on any atom is 0.275 e. The third-order valence-corrected chi connectivity index (χ3v) is 9.35. The molecule has 8 nitrogen and oxygen atoms in total. The third kappa shape index (κ3) is 5.22. The molecule has 0 radical (unpaired) electrons. The summed E-state index contributed by atoms with van der Waals surface area (Å²) in [6, 6.07) is 18.3. The average molecular weight is 622 g/mol. The number of halogens is 2. The number of carbonyl (C=O) groups excluding carboxylic acids is 2. The topological polar surface area (TPSA) is 107 Å². The van der Waals surface area contributed by atoms with E-state index in [0.29, 0.717) is 29.9 Å². The molecule has 2 amide bonds. The molecule has 1 spiro atoms. The molecule has 0 bridgehead atoms. The number of amides is 2. The van der Waals surface area contributed by atoms with Gasteiger partial charge in [-0.25, -0.2) is 18.8 Å². The fourth-order valence-electron chi connectivity index (χ4n) is 6.87. The number of aliphatic hydroxyl groups excluding tert-OH is 1. The molecule has 0 fully saturated rings. The fourth-order valence-corrected chi connectivity index (χ4v) is 6.87. The van der Waals surface area contributed by atoms with Crippen molar-refractivity contribution in [3.8, 4) is 0 Å². The first kappa shape index (κ1) is 29.7. The quantitative estimate of drug-likeness (QED) is 0.226. The van der Waals surface area contributed by atoms with Crippen LogP contribution in [0, 0.1) is 5.92 Å². The number of benzene rings is 2. The van der Waals surface area contributed by atoms with Crippen LogP contribution in [-0.4, -0.2) is 57.6 Å². The number of fused-ring (bicyclic) bond motifs is 3. The molecule has 3 heterocycles. The molecule has 234 valence electrons. The van der Waals surface area contributed by atoms with Crippen molar-refractivity contribution in [1.82, 2.24) is 9.88 Å². The molecule has 7 rings (SSSR count). The van der Waals surface area contributed by atoms with Crippen molar-refractivity contribution in [2.75, 3.05) is 23.9 Å². The Kier molecular flexibility index (Phi) is 7.39. The number of allylic oxidation sites excluding steroid dienone is 4. The smallest absolute Gasteiger partial charge is 0.275 e. The van der Waals surface area contributed by atoms with E-state index in [-0.39, 0.29) is 23.6 Å². The second-order valence-electron chi connectivity index (χ2n) is 12.4. The number of nitrogens with zero attached hydrogens (tertiary/aromatic N) is 3. The van der Waals surface area contributed by atoms with E-state index >= 15 is 4.39 Å². The Morgan fingerprint density at radius 3 is 2.67 bits per heavy atom. The summed E-state index contributed by atoms with van der Waals surface area (Å²) in [4.78, 5) is 37.8. The van der Waals surface area contributed by atoms with Gasteiger partial charge in [-0.15, -0.1) is 0 Å². The first-order valence-corrected chi connectivity index (χ1v) is 15.3. The van der Waals surface area contributed by atoms with E-state index in [0.717, 1.165) is 16.7 Å². The van der Waals surface area contributed by atoms with E-state index < -0.39 is 48.2 Å². The predicted molar refractivity (Wildman–Crippen MR) is 172 cm³/mol. The van der Waals surface area contributed by atoms with Gasteiger partial charge in [0.2, 0.25) is 5.91 Å². The minimum absolute atomic E-state index is 0.0213. The molecule has 2 aromatic carbocycles. The van der Waals surface area contributed by atoms with Crippen molar-refractivity contribution in [2.45, 2.75) is 43.5 Å². The maximum absolute atomic E-state index is 15.0. The molecule has 1 aromatic heterocycles. The van der Waals surface area contributed by atoms with Gasteiger partial charge in [-0.05, 0) is 61.2 Å². The number of nitrogens with one attached hydrogen (secondary N) is 2. The number of pyridine rings is 1. The highest BCUT2D eigenvalue weighted by Crippen LogP contribution is 2.49. The highest BCUT2D eigenvalue weighted by molar-refractivity contribution is 6.47. The maximum atomic E-state index is 15.0. The summed E-state index contributed by atoms with van der Waals surface area (Å²) in [5.74, 6) is -0.773. The molecule has 2 aliphatic heterocycles. The lowest BCUT2D eigenvalue weighted by Crippen LogP contribution is -2.49. The number of aromatic nitrogens is 1. The molecule has 2 aliphatic carbocycles. The minimum atomic E-state index is -1.53. The van der Waals surface area contributed by atoms with Gasteiger partial charge in [-0.2, -0.15) is 0 Å². The normalized spacial score (nSPS) is 25.0. The Hall–Kier alpha value is -4.96. The van der Waals surface area contributed by atoms with Crippen molar-refractivity contribution in [2.24, 2.45) is 10.9 Å². The van der Waals surface area contributed by atoms with Crippen molar-refractivity contribution in [3.05, 3.63) is 125 Å². The fraction of sp³-hybridized carbons (Fsp3) is 0.278. The van der Waals surface area contributed by atoms with E-state index in [1.54, 1.807) is 43.5 Å². The van der Waals surface area contributed by atoms with Gasteiger partial charge in [0.15, 0.2) is 5.66 Å². The zero-order valence-corrected chi connectivity index (χ0v) is 25.2. The standard InChI is InChI=1S/C36H33F2N5O3/c1-35(26(13-14-37)18-27(38)16-22-9-10-22)42-31(23-6-3-2-4-7-23)33(45)43(35)21-30(44)40-28-12-11-24-19-36(20-25(24)17-28)29-8-5-15-39-32(29)41-34(36)46/h2-13,15,17-18,22,34,46H,14,16,19-21H2,1H3,(H,39,41)(H,40,44). The lowest BCUT2D eigenvalue weighted by molar-refractivity contribution is -0.131. The Balaban J connectivity index is 1.14. The van der Waals surface area contributed by atoms with Crippen LogP contribution in [0.5, 0.6) is 0 Å². The Morgan fingerprint density at radius 1 is 1.13 bits per heavy atom. The number of rotatable bonds is 9. The molecule has 3 N–H and O–H groups in total. The van der Waals surface area contributed by atoms with Gasteiger partial charge >= 0.3 is 0 Å².